The van der Waals surface area contributed by atoms with E-state index >= 15 is 0 Å². The number of piperidine rings is 3. The smallest absolute Gasteiger partial charge is 0.415 e. The summed E-state index contributed by atoms with van der Waals surface area (Å²) in [6.45, 7) is 2.76. The lowest BCUT2D eigenvalue weighted by molar-refractivity contribution is -0.946. The van der Waals surface area contributed by atoms with Gasteiger partial charge in [0, 0.05) is 25.2 Å². The Balaban J connectivity index is 1.34. The Labute approximate surface area is 217 Å². The van der Waals surface area contributed by atoms with Crippen LogP contribution in [-0.4, -0.2) is 42.9 Å². The van der Waals surface area contributed by atoms with Crippen LogP contribution in [0.5, 0.6) is 0 Å². The molecule has 2 bridgehead atoms. The van der Waals surface area contributed by atoms with Crippen molar-refractivity contribution < 1.29 is 36.0 Å². The van der Waals surface area contributed by atoms with Crippen LogP contribution >= 0.6 is 0 Å². The van der Waals surface area contributed by atoms with Crippen LogP contribution in [0.3, 0.4) is 0 Å². The molecule has 0 N–H and O–H groups in total. The van der Waals surface area contributed by atoms with Gasteiger partial charge < -0.3 is 9.22 Å². The predicted molar refractivity (Wildman–Crippen MR) is 132 cm³/mol. The first-order chi connectivity index (χ1) is 18.2. The maximum Gasteiger partial charge on any atom is 0.415 e. The first-order valence-electron chi connectivity index (χ1n) is 12.7. The molecule has 3 aromatic rings. The molecule has 0 unspecified atom stereocenters. The number of carbonyl (C=O) groups excluding carboxylic acids is 1. The van der Waals surface area contributed by atoms with Gasteiger partial charge in [0.25, 0.3) is 0 Å². The summed E-state index contributed by atoms with van der Waals surface area (Å²) in [5.74, 6) is -5.05. The molecule has 9 heteroatoms. The monoisotopic (exact) mass is 531 g/mol. The lowest BCUT2D eigenvalue weighted by atomic mass is 9.83. The average Bonchev–Trinajstić information content (AvgIpc) is 2.90. The zero-order valence-electron chi connectivity index (χ0n) is 20.7. The van der Waals surface area contributed by atoms with Crippen LogP contribution in [-0.2, 0) is 17.7 Å². The number of benzene rings is 3. The number of halogens is 5. The highest BCUT2D eigenvalue weighted by atomic mass is 19.2. The molecule has 3 aliphatic heterocycles. The van der Waals surface area contributed by atoms with Gasteiger partial charge in [-0.25, -0.2) is 26.7 Å². The van der Waals surface area contributed by atoms with Crippen molar-refractivity contribution in [1.29, 1.82) is 0 Å². The second kappa shape index (κ2) is 10.7. The molecule has 4 nitrogen and oxygen atoms in total. The van der Waals surface area contributed by atoms with Crippen molar-refractivity contribution >= 4 is 11.8 Å². The molecule has 6 rings (SSSR count). The Morgan fingerprint density at radius 2 is 1.61 bits per heavy atom. The molecule has 3 saturated heterocycles. The van der Waals surface area contributed by atoms with E-state index in [1.54, 1.807) is 12.1 Å². The minimum atomic E-state index is -1.61. The fourth-order valence-electron chi connectivity index (χ4n) is 5.71. The molecule has 3 heterocycles. The van der Waals surface area contributed by atoms with Crippen molar-refractivity contribution in [2.45, 2.75) is 31.9 Å². The van der Waals surface area contributed by atoms with Crippen LogP contribution in [0.4, 0.5) is 32.4 Å². The molecule has 0 saturated carbocycles. The molecule has 3 aromatic carbocycles. The van der Waals surface area contributed by atoms with E-state index in [1.165, 1.54) is 24.3 Å². The standard InChI is InChI=1S/C29H28F5N2O2/c30-22-5-3-6-23(16-22)35(17-19-14-25(32)28(34)26(33)15-19)29(37)38-27-18-36(12-9-21(27)10-13-36)11-8-20-4-1-2-7-24(20)31/h1-7,14-16,21,27H,8-13,17-18H2/q+1/t21?,27-,36?/m0/s1. The van der Waals surface area contributed by atoms with Crippen molar-refractivity contribution in [2.24, 2.45) is 5.92 Å². The number of amides is 1. The SMILES string of the molecule is O=C(O[C@H]1C[N+]2(CCc3ccccc3F)CCC1CC2)N(Cc1cc(F)c(F)c(F)c1)c1cccc(F)c1. The molecule has 0 radical (unpaired) electrons. The van der Waals surface area contributed by atoms with Crippen LogP contribution in [0.15, 0.2) is 60.7 Å². The highest BCUT2D eigenvalue weighted by Gasteiger charge is 2.47. The van der Waals surface area contributed by atoms with Crippen LogP contribution < -0.4 is 4.90 Å². The van der Waals surface area contributed by atoms with E-state index in [9.17, 15) is 26.7 Å². The van der Waals surface area contributed by atoms with Gasteiger partial charge in [0.1, 0.15) is 18.2 Å². The summed E-state index contributed by atoms with van der Waals surface area (Å²) >= 11 is 0. The van der Waals surface area contributed by atoms with Crippen molar-refractivity contribution in [3.63, 3.8) is 0 Å². The van der Waals surface area contributed by atoms with Gasteiger partial charge in [0.2, 0.25) is 0 Å². The van der Waals surface area contributed by atoms with Gasteiger partial charge in [-0.15, -0.1) is 0 Å². The molecule has 3 aliphatic rings. The van der Waals surface area contributed by atoms with Crippen LogP contribution in [0, 0.1) is 35.0 Å². The number of hydrogen-bond donors (Lipinski definition) is 0. The number of hydrogen-bond acceptors (Lipinski definition) is 2. The van der Waals surface area contributed by atoms with Crippen LogP contribution in [0.1, 0.15) is 24.0 Å². The highest BCUT2D eigenvalue weighted by Crippen LogP contribution is 2.36. The number of ether oxygens (including phenoxy) is 1. The Kier molecular flexibility index (Phi) is 7.38. The largest absolute Gasteiger partial charge is 0.440 e. The molecule has 1 amide bonds. The molecular formula is C29H28F5N2O2+. The third-order valence-corrected chi connectivity index (χ3v) is 7.83. The Morgan fingerprint density at radius 1 is 0.895 bits per heavy atom. The quantitative estimate of drug-likeness (QED) is 0.201. The summed E-state index contributed by atoms with van der Waals surface area (Å²) < 4.78 is 76.1. The Morgan fingerprint density at radius 3 is 2.29 bits per heavy atom. The number of quaternary nitrogens is 1. The summed E-state index contributed by atoms with van der Waals surface area (Å²) in [4.78, 5) is 14.5. The fourth-order valence-corrected chi connectivity index (χ4v) is 5.71. The summed E-state index contributed by atoms with van der Waals surface area (Å²) in [6, 6.07) is 13.5. The second-order valence-corrected chi connectivity index (χ2v) is 10.2. The van der Waals surface area contributed by atoms with Gasteiger partial charge in [0.05, 0.1) is 31.9 Å². The first kappa shape index (κ1) is 26.2. The van der Waals surface area contributed by atoms with E-state index in [4.69, 9.17) is 4.74 Å². The number of carbonyl (C=O) groups is 1. The molecule has 0 spiro atoms. The third kappa shape index (κ3) is 5.53. The zero-order valence-corrected chi connectivity index (χ0v) is 20.7. The Bertz CT molecular complexity index is 1300. The normalized spacial score (nSPS) is 22.3. The van der Waals surface area contributed by atoms with Crippen molar-refractivity contribution in [1.82, 2.24) is 0 Å². The summed E-state index contributed by atoms with van der Waals surface area (Å²) in [6.07, 6.45) is 1.07. The van der Waals surface area contributed by atoms with Crippen LogP contribution in [0.2, 0.25) is 0 Å². The number of anilines is 1. The van der Waals surface area contributed by atoms with Gasteiger partial charge in [-0.05, 0) is 47.5 Å². The van der Waals surface area contributed by atoms with Crippen LogP contribution in [0.25, 0.3) is 0 Å². The Hall–Kier alpha value is -3.46. The molecule has 200 valence electrons. The third-order valence-electron chi connectivity index (χ3n) is 7.83. The average molecular weight is 532 g/mol. The fraction of sp³-hybridized carbons (Fsp3) is 0.345. The second-order valence-electron chi connectivity index (χ2n) is 10.2. The van der Waals surface area contributed by atoms with E-state index in [0.717, 1.165) is 49.0 Å². The van der Waals surface area contributed by atoms with Crippen molar-refractivity contribution in [3.8, 4) is 0 Å². The lowest BCUT2D eigenvalue weighted by Crippen LogP contribution is -2.65. The first-order valence-corrected chi connectivity index (χ1v) is 12.7. The van der Waals surface area contributed by atoms with E-state index in [1.807, 2.05) is 6.07 Å². The van der Waals surface area contributed by atoms with Crippen molar-refractivity contribution in [2.75, 3.05) is 31.1 Å². The molecule has 0 aromatic heterocycles. The van der Waals surface area contributed by atoms with E-state index in [-0.39, 0.29) is 29.5 Å². The van der Waals surface area contributed by atoms with Crippen molar-refractivity contribution in [3.05, 3.63) is 101 Å². The van der Waals surface area contributed by atoms with Gasteiger partial charge in [-0.1, -0.05) is 24.3 Å². The lowest BCUT2D eigenvalue weighted by Gasteiger charge is -2.52. The topological polar surface area (TPSA) is 29.5 Å². The van der Waals surface area contributed by atoms with Gasteiger partial charge in [-0.2, -0.15) is 0 Å². The maximum atomic E-state index is 14.2. The number of nitrogens with zero attached hydrogens (tertiary/aromatic N) is 2. The molecule has 0 aliphatic carbocycles. The minimum absolute atomic E-state index is 0.00934. The summed E-state index contributed by atoms with van der Waals surface area (Å²) in [7, 11) is 0. The van der Waals surface area contributed by atoms with Gasteiger partial charge in [0.15, 0.2) is 23.6 Å². The predicted octanol–water partition coefficient (Wildman–Crippen LogP) is 6.38. The number of rotatable bonds is 7. The molecule has 3 fully saturated rings. The molecule has 38 heavy (non-hydrogen) atoms. The highest BCUT2D eigenvalue weighted by molar-refractivity contribution is 5.87. The zero-order chi connectivity index (χ0) is 26.9. The number of fused-ring (bicyclic) bond motifs is 3. The molecular weight excluding hydrogens is 503 g/mol. The van der Waals surface area contributed by atoms with Gasteiger partial charge >= 0.3 is 6.09 Å². The maximum absolute atomic E-state index is 14.2. The summed E-state index contributed by atoms with van der Waals surface area (Å²) in [5, 5.41) is 0. The minimum Gasteiger partial charge on any atom is -0.440 e. The molecule has 1 atom stereocenters. The van der Waals surface area contributed by atoms with Gasteiger partial charge in [-0.3, -0.25) is 4.90 Å². The summed E-state index contributed by atoms with van der Waals surface area (Å²) in [5.41, 5.74) is 0.784. The van der Waals surface area contributed by atoms with E-state index in [0.29, 0.717) is 29.6 Å². The van der Waals surface area contributed by atoms with E-state index in [2.05, 4.69) is 0 Å². The van der Waals surface area contributed by atoms with E-state index < -0.39 is 35.5 Å².